The molecular weight excluding hydrogens is 164 g/mol. The molecule has 1 rings (SSSR count). The number of hydrogen-bond donors (Lipinski definition) is 0. The molecule has 1 heterocycles. The zero-order valence-corrected chi connectivity index (χ0v) is 8.50. The Kier molecular flexibility index (Phi) is 5.87. The molecule has 0 aromatic carbocycles. The molecular formula is C11H20O2. The van der Waals surface area contributed by atoms with Gasteiger partial charge in [-0.05, 0) is 25.7 Å². The predicted octanol–water partition coefficient (Wildman–Crippen LogP) is 2.89. The summed E-state index contributed by atoms with van der Waals surface area (Å²) in [6, 6.07) is 0. The van der Waals surface area contributed by atoms with E-state index in [4.69, 9.17) is 9.47 Å². The van der Waals surface area contributed by atoms with Gasteiger partial charge in [0.2, 0.25) is 0 Å². The Bertz CT molecular complexity index is 137. The lowest BCUT2D eigenvalue weighted by atomic mass is 10.2. The van der Waals surface area contributed by atoms with Crippen LogP contribution < -0.4 is 0 Å². The molecule has 0 aromatic rings. The van der Waals surface area contributed by atoms with E-state index in [2.05, 4.69) is 19.1 Å². The fourth-order valence-corrected chi connectivity index (χ4v) is 1.36. The summed E-state index contributed by atoms with van der Waals surface area (Å²) in [5.74, 6) is 0. The van der Waals surface area contributed by atoms with E-state index in [-0.39, 0.29) is 6.29 Å². The van der Waals surface area contributed by atoms with Crippen molar-refractivity contribution >= 4 is 0 Å². The van der Waals surface area contributed by atoms with E-state index < -0.39 is 0 Å². The monoisotopic (exact) mass is 184 g/mol. The minimum Gasteiger partial charge on any atom is -0.353 e. The molecule has 0 radical (unpaired) electrons. The molecule has 1 aliphatic heterocycles. The summed E-state index contributed by atoms with van der Waals surface area (Å²) in [4.78, 5) is 0. The van der Waals surface area contributed by atoms with E-state index >= 15 is 0 Å². The van der Waals surface area contributed by atoms with Gasteiger partial charge in [-0.1, -0.05) is 25.5 Å². The lowest BCUT2D eigenvalue weighted by molar-refractivity contribution is -0.155. The van der Waals surface area contributed by atoms with Gasteiger partial charge in [-0.15, -0.1) is 0 Å². The molecule has 0 N–H and O–H groups in total. The Labute approximate surface area is 80.9 Å². The van der Waals surface area contributed by atoms with Crippen LogP contribution in [0, 0.1) is 0 Å². The van der Waals surface area contributed by atoms with Gasteiger partial charge in [0.1, 0.15) is 0 Å². The summed E-state index contributed by atoms with van der Waals surface area (Å²) in [6.45, 7) is 3.74. The van der Waals surface area contributed by atoms with Gasteiger partial charge in [0.15, 0.2) is 6.29 Å². The van der Waals surface area contributed by atoms with Crippen LogP contribution in [0.15, 0.2) is 12.2 Å². The summed E-state index contributed by atoms with van der Waals surface area (Å²) in [5, 5.41) is 0. The minimum atomic E-state index is 0.0556. The Morgan fingerprint density at radius 2 is 2.31 bits per heavy atom. The number of allylic oxidation sites excluding steroid dienone is 1. The normalized spacial score (nSPS) is 23.9. The van der Waals surface area contributed by atoms with Crippen LogP contribution >= 0.6 is 0 Å². The molecule has 0 spiro atoms. The van der Waals surface area contributed by atoms with Gasteiger partial charge in [0.25, 0.3) is 0 Å². The van der Waals surface area contributed by atoms with E-state index in [1.807, 2.05) is 0 Å². The number of ether oxygens (including phenoxy) is 2. The fourth-order valence-electron chi connectivity index (χ4n) is 1.36. The maximum atomic E-state index is 5.52. The smallest absolute Gasteiger partial charge is 0.157 e. The summed E-state index contributed by atoms with van der Waals surface area (Å²) in [7, 11) is 0. The van der Waals surface area contributed by atoms with Crippen molar-refractivity contribution in [1.82, 2.24) is 0 Å². The van der Waals surface area contributed by atoms with Crippen LogP contribution in [-0.4, -0.2) is 19.5 Å². The van der Waals surface area contributed by atoms with Crippen molar-refractivity contribution in [3.05, 3.63) is 12.2 Å². The second-order valence-corrected chi connectivity index (χ2v) is 3.39. The zero-order chi connectivity index (χ0) is 9.36. The molecule has 2 heteroatoms. The maximum absolute atomic E-state index is 5.52. The second-order valence-electron chi connectivity index (χ2n) is 3.39. The van der Waals surface area contributed by atoms with Crippen molar-refractivity contribution in [2.45, 2.75) is 45.3 Å². The van der Waals surface area contributed by atoms with Gasteiger partial charge in [-0.25, -0.2) is 0 Å². The van der Waals surface area contributed by atoms with E-state index in [1.165, 1.54) is 19.3 Å². The van der Waals surface area contributed by atoms with Crippen molar-refractivity contribution in [3.8, 4) is 0 Å². The van der Waals surface area contributed by atoms with Crippen LogP contribution in [0.5, 0.6) is 0 Å². The molecule has 1 saturated heterocycles. The molecule has 0 aromatic heterocycles. The van der Waals surface area contributed by atoms with Gasteiger partial charge in [0, 0.05) is 6.61 Å². The molecule has 1 atom stereocenters. The van der Waals surface area contributed by atoms with Crippen molar-refractivity contribution < 1.29 is 9.47 Å². The average molecular weight is 184 g/mol. The van der Waals surface area contributed by atoms with Crippen molar-refractivity contribution in [2.75, 3.05) is 13.2 Å². The Morgan fingerprint density at radius 3 is 3.00 bits per heavy atom. The SMILES string of the molecule is CCC/C=C\COC1CCCCO1. The first kappa shape index (κ1) is 10.7. The fraction of sp³-hybridized carbons (Fsp3) is 0.818. The molecule has 1 unspecified atom stereocenters. The maximum Gasteiger partial charge on any atom is 0.157 e. The molecule has 13 heavy (non-hydrogen) atoms. The Balaban J connectivity index is 1.97. The molecule has 0 bridgehead atoms. The molecule has 0 amide bonds. The van der Waals surface area contributed by atoms with Gasteiger partial charge in [-0.3, -0.25) is 0 Å². The highest BCUT2D eigenvalue weighted by atomic mass is 16.7. The highest BCUT2D eigenvalue weighted by molar-refractivity contribution is 4.80. The van der Waals surface area contributed by atoms with Gasteiger partial charge in [-0.2, -0.15) is 0 Å². The average Bonchev–Trinajstić information content (AvgIpc) is 2.19. The number of unbranched alkanes of at least 4 members (excludes halogenated alkanes) is 1. The molecule has 76 valence electrons. The summed E-state index contributed by atoms with van der Waals surface area (Å²) in [6.07, 6.45) is 10.1. The van der Waals surface area contributed by atoms with Crippen molar-refractivity contribution in [3.63, 3.8) is 0 Å². The third-order valence-corrected chi connectivity index (χ3v) is 2.14. The van der Waals surface area contributed by atoms with Crippen molar-refractivity contribution in [2.24, 2.45) is 0 Å². The number of hydrogen-bond acceptors (Lipinski definition) is 2. The molecule has 2 nitrogen and oxygen atoms in total. The largest absolute Gasteiger partial charge is 0.353 e. The topological polar surface area (TPSA) is 18.5 Å². The van der Waals surface area contributed by atoms with Crippen molar-refractivity contribution in [1.29, 1.82) is 0 Å². The summed E-state index contributed by atoms with van der Waals surface area (Å²) >= 11 is 0. The van der Waals surface area contributed by atoms with Gasteiger partial charge in [0.05, 0.1) is 6.61 Å². The lowest BCUT2D eigenvalue weighted by Crippen LogP contribution is -2.22. The predicted molar refractivity (Wildman–Crippen MR) is 53.6 cm³/mol. The Morgan fingerprint density at radius 1 is 1.38 bits per heavy atom. The third-order valence-electron chi connectivity index (χ3n) is 2.14. The zero-order valence-electron chi connectivity index (χ0n) is 8.50. The second kappa shape index (κ2) is 7.10. The molecule has 0 saturated carbocycles. The lowest BCUT2D eigenvalue weighted by Gasteiger charge is -2.21. The summed E-state index contributed by atoms with van der Waals surface area (Å²) < 4.78 is 10.9. The van der Waals surface area contributed by atoms with Crippen LogP contribution in [0.4, 0.5) is 0 Å². The first-order valence-electron chi connectivity index (χ1n) is 5.31. The van der Waals surface area contributed by atoms with Crippen LogP contribution in [0.2, 0.25) is 0 Å². The van der Waals surface area contributed by atoms with Crippen LogP contribution in [0.25, 0.3) is 0 Å². The van der Waals surface area contributed by atoms with E-state index in [0.717, 1.165) is 19.4 Å². The third kappa shape index (κ3) is 5.06. The standard InChI is InChI=1S/C11H20O2/c1-2-3-4-6-9-12-11-8-5-7-10-13-11/h4,6,11H,2-3,5,7-10H2,1H3/b6-4-. The molecule has 1 fully saturated rings. The van der Waals surface area contributed by atoms with Crippen LogP contribution in [0.1, 0.15) is 39.0 Å². The van der Waals surface area contributed by atoms with Crippen LogP contribution in [0.3, 0.4) is 0 Å². The quantitative estimate of drug-likeness (QED) is 0.612. The van der Waals surface area contributed by atoms with Crippen LogP contribution in [-0.2, 0) is 9.47 Å². The van der Waals surface area contributed by atoms with E-state index in [9.17, 15) is 0 Å². The van der Waals surface area contributed by atoms with Gasteiger partial charge >= 0.3 is 0 Å². The molecule has 0 aliphatic carbocycles. The molecule has 1 aliphatic rings. The highest BCUT2D eigenvalue weighted by Crippen LogP contribution is 2.13. The minimum absolute atomic E-state index is 0.0556. The number of rotatable bonds is 5. The first-order valence-corrected chi connectivity index (χ1v) is 5.31. The Hall–Kier alpha value is -0.340. The first-order chi connectivity index (χ1) is 6.43. The van der Waals surface area contributed by atoms with E-state index in [1.54, 1.807) is 0 Å². The van der Waals surface area contributed by atoms with E-state index in [0.29, 0.717) is 6.61 Å². The van der Waals surface area contributed by atoms with Gasteiger partial charge < -0.3 is 9.47 Å². The summed E-state index contributed by atoms with van der Waals surface area (Å²) in [5.41, 5.74) is 0. The highest BCUT2D eigenvalue weighted by Gasteiger charge is 2.12.